The Morgan fingerprint density at radius 3 is 2.67 bits per heavy atom. The number of likely N-dealkylation sites (N-methyl/N-ethyl adjacent to an activating group) is 1. The molecule has 0 aromatic heterocycles. The van der Waals surface area contributed by atoms with Gasteiger partial charge in [0.05, 0.1) is 11.1 Å². The third-order valence-electron chi connectivity index (χ3n) is 2.54. The first-order valence-corrected chi connectivity index (χ1v) is 6.27. The van der Waals surface area contributed by atoms with Crippen molar-refractivity contribution in [2.24, 2.45) is 10.7 Å². The minimum atomic E-state index is -4.36. The van der Waals surface area contributed by atoms with Gasteiger partial charge in [-0.15, -0.1) is 0 Å². The Morgan fingerprint density at radius 1 is 1.48 bits per heavy atom. The molecule has 3 nitrogen and oxygen atoms in total. The minimum absolute atomic E-state index is 0.0636. The molecule has 0 radical (unpaired) electrons. The first kappa shape index (κ1) is 17.5. The van der Waals surface area contributed by atoms with Gasteiger partial charge in [0.15, 0.2) is 0 Å². The molecule has 1 unspecified atom stereocenters. The maximum Gasteiger partial charge on any atom is 0.407 e. The van der Waals surface area contributed by atoms with Crippen molar-refractivity contribution in [3.05, 3.63) is 46.4 Å². The first-order valence-electron chi connectivity index (χ1n) is 5.89. The van der Waals surface area contributed by atoms with E-state index in [1.165, 1.54) is 24.3 Å². The van der Waals surface area contributed by atoms with Gasteiger partial charge in [0.1, 0.15) is 12.4 Å². The van der Waals surface area contributed by atoms with Crippen LogP contribution in [-0.2, 0) is 0 Å². The summed E-state index contributed by atoms with van der Waals surface area (Å²) in [5, 5.41) is 2.80. The zero-order chi connectivity index (χ0) is 16.0. The van der Waals surface area contributed by atoms with E-state index < -0.39 is 24.6 Å². The normalized spacial score (nSPS) is 14.7. The molecule has 0 heterocycles. The van der Waals surface area contributed by atoms with Crippen LogP contribution in [0.1, 0.15) is 11.6 Å². The fourth-order valence-corrected chi connectivity index (χ4v) is 1.80. The van der Waals surface area contributed by atoms with Gasteiger partial charge in [-0.05, 0) is 30.8 Å². The number of hydrogen-bond donors (Lipinski definition) is 2. The summed E-state index contributed by atoms with van der Waals surface area (Å²) in [6.45, 7) is -1.27. The fourth-order valence-electron chi connectivity index (χ4n) is 1.61. The molecule has 0 spiro atoms. The van der Waals surface area contributed by atoms with E-state index in [0.717, 1.165) is 6.21 Å². The highest BCUT2D eigenvalue weighted by Crippen LogP contribution is 2.23. The Hall–Kier alpha value is -1.60. The number of benzene rings is 1. The lowest BCUT2D eigenvalue weighted by Gasteiger charge is -2.17. The molecule has 0 aliphatic heterocycles. The van der Waals surface area contributed by atoms with Gasteiger partial charge in [0.25, 0.3) is 0 Å². The molecule has 3 N–H and O–H groups in total. The third-order valence-corrected chi connectivity index (χ3v) is 2.83. The minimum Gasteiger partial charge on any atom is -0.400 e. The van der Waals surface area contributed by atoms with Crippen LogP contribution in [0.3, 0.4) is 0 Å². The summed E-state index contributed by atoms with van der Waals surface area (Å²) in [7, 11) is 1.61. The summed E-state index contributed by atoms with van der Waals surface area (Å²) in [5.41, 5.74) is 6.60. The lowest BCUT2D eigenvalue weighted by Crippen LogP contribution is -2.23. The second-order valence-electron chi connectivity index (χ2n) is 4.17. The van der Waals surface area contributed by atoms with Crippen molar-refractivity contribution in [2.75, 3.05) is 13.6 Å². The standard InChI is InChI=1S/C13H14ClF4N3/c1-20-12(8-2-3-10(15)9(14)6-8)11(19)4-5-21-7-13(16,17)18/h2-6,12,20H,7,19H2,1H3/b11-4-,21-5?. The van der Waals surface area contributed by atoms with E-state index >= 15 is 0 Å². The molecule has 21 heavy (non-hydrogen) atoms. The number of rotatable bonds is 5. The molecule has 1 atom stereocenters. The van der Waals surface area contributed by atoms with E-state index in [2.05, 4.69) is 10.3 Å². The van der Waals surface area contributed by atoms with Crippen molar-refractivity contribution in [1.82, 2.24) is 5.32 Å². The van der Waals surface area contributed by atoms with Crippen LogP contribution in [0.15, 0.2) is 35.0 Å². The molecule has 0 fully saturated rings. The highest BCUT2D eigenvalue weighted by Gasteiger charge is 2.25. The lowest BCUT2D eigenvalue weighted by atomic mass is 10.0. The molecule has 1 rings (SSSR count). The Bertz CT molecular complexity index is 541. The number of nitrogens with two attached hydrogens (primary N) is 1. The van der Waals surface area contributed by atoms with E-state index in [-0.39, 0.29) is 10.7 Å². The van der Waals surface area contributed by atoms with E-state index in [0.29, 0.717) is 5.56 Å². The summed E-state index contributed by atoms with van der Waals surface area (Å²) < 4.78 is 48.9. The van der Waals surface area contributed by atoms with Crippen LogP contribution < -0.4 is 11.1 Å². The molecular formula is C13H14ClF4N3. The van der Waals surface area contributed by atoms with Crippen molar-refractivity contribution in [2.45, 2.75) is 12.2 Å². The predicted molar refractivity (Wildman–Crippen MR) is 74.9 cm³/mol. The van der Waals surface area contributed by atoms with Crippen molar-refractivity contribution in [1.29, 1.82) is 0 Å². The number of alkyl halides is 3. The van der Waals surface area contributed by atoms with Gasteiger partial charge in [-0.3, -0.25) is 4.99 Å². The van der Waals surface area contributed by atoms with E-state index in [1.807, 2.05) is 0 Å². The molecule has 1 aromatic carbocycles. The molecule has 0 aliphatic carbocycles. The third kappa shape index (κ3) is 5.73. The van der Waals surface area contributed by atoms with Gasteiger partial charge in [-0.1, -0.05) is 17.7 Å². The molecular weight excluding hydrogens is 310 g/mol. The lowest BCUT2D eigenvalue weighted by molar-refractivity contribution is -0.118. The highest BCUT2D eigenvalue weighted by atomic mass is 35.5. The molecule has 116 valence electrons. The molecule has 0 aliphatic rings. The molecule has 0 saturated carbocycles. The summed E-state index contributed by atoms with van der Waals surface area (Å²) in [6, 6.07) is 3.55. The van der Waals surface area contributed by atoms with Crippen LogP contribution >= 0.6 is 11.6 Å². The number of halogens is 5. The molecule has 0 bridgehead atoms. The van der Waals surface area contributed by atoms with Gasteiger partial charge in [0, 0.05) is 11.9 Å². The van der Waals surface area contributed by atoms with Crippen molar-refractivity contribution in [3.63, 3.8) is 0 Å². The zero-order valence-electron chi connectivity index (χ0n) is 11.1. The van der Waals surface area contributed by atoms with Crippen molar-refractivity contribution < 1.29 is 17.6 Å². The van der Waals surface area contributed by atoms with Crippen LogP contribution in [0.5, 0.6) is 0 Å². The van der Waals surface area contributed by atoms with Gasteiger partial charge in [0.2, 0.25) is 0 Å². The Kier molecular flexibility index (Phi) is 6.17. The predicted octanol–water partition coefficient (Wildman–Crippen LogP) is 3.22. The maximum absolute atomic E-state index is 13.1. The average Bonchev–Trinajstić information content (AvgIpc) is 2.38. The van der Waals surface area contributed by atoms with Crippen LogP contribution in [-0.4, -0.2) is 26.0 Å². The van der Waals surface area contributed by atoms with Gasteiger partial charge in [-0.2, -0.15) is 13.2 Å². The second-order valence-corrected chi connectivity index (χ2v) is 4.57. The topological polar surface area (TPSA) is 50.4 Å². The van der Waals surface area contributed by atoms with Gasteiger partial charge in [-0.25, -0.2) is 4.39 Å². The van der Waals surface area contributed by atoms with Crippen LogP contribution in [0.2, 0.25) is 5.02 Å². The number of nitrogens with one attached hydrogen (secondary N) is 1. The Balaban J connectivity index is 2.85. The molecule has 0 saturated heterocycles. The molecule has 0 amide bonds. The van der Waals surface area contributed by atoms with Crippen LogP contribution in [0.25, 0.3) is 0 Å². The quantitative estimate of drug-likeness (QED) is 0.646. The zero-order valence-corrected chi connectivity index (χ0v) is 11.8. The summed E-state index contributed by atoms with van der Waals surface area (Å²) in [4.78, 5) is 3.20. The number of nitrogens with zero attached hydrogens (tertiary/aromatic N) is 1. The van der Waals surface area contributed by atoms with E-state index in [4.69, 9.17) is 17.3 Å². The maximum atomic E-state index is 13.1. The highest BCUT2D eigenvalue weighted by molar-refractivity contribution is 6.30. The summed E-state index contributed by atoms with van der Waals surface area (Å²) in [6.07, 6.45) is -2.12. The number of aliphatic imine (C=N–C) groups is 1. The largest absolute Gasteiger partial charge is 0.407 e. The van der Waals surface area contributed by atoms with E-state index in [1.54, 1.807) is 7.05 Å². The molecule has 1 aromatic rings. The summed E-state index contributed by atoms with van der Waals surface area (Å²) >= 11 is 5.68. The molecule has 8 heteroatoms. The van der Waals surface area contributed by atoms with Crippen molar-refractivity contribution in [3.8, 4) is 0 Å². The smallest absolute Gasteiger partial charge is 0.400 e. The second kappa shape index (κ2) is 7.42. The SMILES string of the molecule is CNC(/C(N)=C/C=NCC(F)(F)F)c1ccc(F)c(Cl)c1. The first-order chi connectivity index (χ1) is 9.74. The Labute approximate surface area is 124 Å². The van der Waals surface area contributed by atoms with Gasteiger partial charge < -0.3 is 11.1 Å². The van der Waals surface area contributed by atoms with Crippen LogP contribution in [0.4, 0.5) is 17.6 Å². The van der Waals surface area contributed by atoms with Gasteiger partial charge >= 0.3 is 6.18 Å². The van der Waals surface area contributed by atoms with Crippen molar-refractivity contribution >= 4 is 17.8 Å². The summed E-state index contributed by atoms with van der Waals surface area (Å²) in [5.74, 6) is -0.565. The average molecular weight is 324 g/mol. The number of hydrogen-bond acceptors (Lipinski definition) is 3. The fraction of sp³-hybridized carbons (Fsp3) is 0.308. The Morgan fingerprint density at radius 2 is 2.14 bits per heavy atom. The number of allylic oxidation sites excluding steroid dienone is 1. The monoisotopic (exact) mass is 323 g/mol. The van der Waals surface area contributed by atoms with Crippen LogP contribution in [0, 0.1) is 5.82 Å². The van der Waals surface area contributed by atoms with E-state index in [9.17, 15) is 17.6 Å².